The van der Waals surface area contributed by atoms with Crippen molar-refractivity contribution in [1.82, 2.24) is 9.55 Å². The van der Waals surface area contributed by atoms with Crippen LogP contribution in [0.15, 0.2) is 83.8 Å². The maximum Gasteiger partial charge on any atom is 0.274 e. The van der Waals surface area contributed by atoms with Crippen LogP contribution in [-0.4, -0.2) is 26.3 Å². The Morgan fingerprint density at radius 3 is 2.07 bits per heavy atom. The number of aromatic nitrogens is 2. The number of ketones is 1. The number of rotatable bonds is 3. The molecule has 6 nitrogen and oxygen atoms in total. The van der Waals surface area contributed by atoms with Gasteiger partial charge in [0.2, 0.25) is 5.78 Å². The number of hydrogen-bond donors (Lipinski definition) is 1. The van der Waals surface area contributed by atoms with Gasteiger partial charge in [-0.15, -0.1) is 0 Å². The fourth-order valence-electron chi connectivity index (χ4n) is 3.04. The molecule has 0 saturated carbocycles. The number of pyridine rings is 2. The minimum atomic E-state index is -0.911. The monoisotopic (exact) mass is 370 g/mol. The number of benzene rings is 2. The lowest BCUT2D eigenvalue weighted by molar-refractivity contribution is 0.0960. The number of hydrogen-bond acceptors (Lipinski definition) is 5. The Labute approximate surface area is 159 Å². The third-order valence-electron chi connectivity index (χ3n) is 4.39. The van der Waals surface area contributed by atoms with Gasteiger partial charge in [0, 0.05) is 17.3 Å². The molecule has 0 aliphatic heterocycles. The average Bonchev–Trinajstić information content (AvgIpc) is 2.75. The van der Waals surface area contributed by atoms with E-state index in [0.717, 1.165) is 4.57 Å². The van der Waals surface area contributed by atoms with Crippen LogP contribution in [0.5, 0.6) is 5.75 Å². The second-order valence-corrected chi connectivity index (χ2v) is 6.11. The Kier molecular flexibility index (Phi) is 4.29. The van der Waals surface area contributed by atoms with Crippen molar-refractivity contribution in [2.75, 3.05) is 0 Å². The van der Waals surface area contributed by atoms with E-state index in [2.05, 4.69) is 4.98 Å². The number of carbonyl (C=O) groups is 2. The normalized spacial score (nSPS) is 10.7. The van der Waals surface area contributed by atoms with Crippen molar-refractivity contribution in [1.29, 1.82) is 0 Å². The molecule has 0 saturated heterocycles. The van der Waals surface area contributed by atoms with Crippen LogP contribution in [0.1, 0.15) is 26.3 Å². The second kappa shape index (κ2) is 6.92. The van der Waals surface area contributed by atoms with Crippen LogP contribution in [-0.2, 0) is 0 Å². The molecule has 0 aliphatic carbocycles. The predicted octanol–water partition coefficient (Wildman–Crippen LogP) is 3.02. The zero-order valence-electron chi connectivity index (χ0n) is 14.6. The van der Waals surface area contributed by atoms with Gasteiger partial charge in [-0.1, -0.05) is 48.5 Å². The highest BCUT2D eigenvalue weighted by atomic mass is 16.3. The quantitative estimate of drug-likeness (QED) is 0.560. The lowest BCUT2D eigenvalue weighted by atomic mass is 10.0. The Morgan fingerprint density at radius 2 is 1.43 bits per heavy atom. The Hall–Kier alpha value is -4.06. The van der Waals surface area contributed by atoms with Crippen molar-refractivity contribution in [3.63, 3.8) is 0 Å². The fourth-order valence-corrected chi connectivity index (χ4v) is 3.04. The first-order valence-electron chi connectivity index (χ1n) is 8.52. The number of fused-ring (bicyclic) bond motifs is 1. The highest BCUT2D eigenvalue weighted by molar-refractivity contribution is 6.14. The van der Waals surface area contributed by atoms with Crippen molar-refractivity contribution < 1.29 is 14.7 Å². The van der Waals surface area contributed by atoms with E-state index in [-0.39, 0.29) is 22.2 Å². The van der Waals surface area contributed by atoms with Crippen molar-refractivity contribution >= 4 is 22.7 Å². The summed E-state index contributed by atoms with van der Waals surface area (Å²) in [5, 5.41) is 10.8. The summed E-state index contributed by atoms with van der Waals surface area (Å²) in [5.74, 6) is -1.78. The Morgan fingerprint density at radius 1 is 0.821 bits per heavy atom. The zero-order chi connectivity index (χ0) is 19.7. The summed E-state index contributed by atoms with van der Waals surface area (Å²) >= 11 is 0. The van der Waals surface area contributed by atoms with Gasteiger partial charge in [0.1, 0.15) is 11.3 Å². The molecule has 0 radical (unpaired) electrons. The van der Waals surface area contributed by atoms with E-state index in [1.807, 2.05) is 0 Å². The topological polar surface area (TPSA) is 89.3 Å². The largest absolute Gasteiger partial charge is 0.506 e. The molecule has 136 valence electrons. The molecule has 0 spiro atoms. The minimum Gasteiger partial charge on any atom is -0.506 e. The van der Waals surface area contributed by atoms with Crippen LogP contribution in [0.2, 0.25) is 0 Å². The summed E-state index contributed by atoms with van der Waals surface area (Å²) in [6.45, 7) is 0. The molecule has 0 aliphatic rings. The van der Waals surface area contributed by atoms with E-state index in [1.165, 1.54) is 24.4 Å². The summed E-state index contributed by atoms with van der Waals surface area (Å²) < 4.78 is 0.834. The van der Waals surface area contributed by atoms with Crippen LogP contribution in [0.25, 0.3) is 11.0 Å². The first kappa shape index (κ1) is 17.4. The van der Waals surface area contributed by atoms with E-state index < -0.39 is 28.6 Å². The molecule has 0 unspecified atom stereocenters. The predicted molar refractivity (Wildman–Crippen MR) is 104 cm³/mol. The molecular formula is C22H14N2O4. The third kappa shape index (κ3) is 2.77. The van der Waals surface area contributed by atoms with Crippen LogP contribution in [0.3, 0.4) is 0 Å². The van der Waals surface area contributed by atoms with E-state index in [0.29, 0.717) is 0 Å². The van der Waals surface area contributed by atoms with Gasteiger partial charge in [-0.2, -0.15) is 0 Å². The van der Waals surface area contributed by atoms with Gasteiger partial charge >= 0.3 is 0 Å². The highest BCUT2D eigenvalue weighted by Crippen LogP contribution is 2.27. The molecule has 0 fully saturated rings. The molecule has 2 aromatic heterocycles. The lowest BCUT2D eigenvalue weighted by Gasteiger charge is -2.13. The molecule has 4 rings (SSSR count). The molecule has 0 atom stereocenters. The van der Waals surface area contributed by atoms with Crippen LogP contribution in [0.4, 0.5) is 0 Å². The average molecular weight is 370 g/mol. The van der Waals surface area contributed by atoms with Gasteiger partial charge in [-0.25, -0.2) is 9.55 Å². The molecule has 28 heavy (non-hydrogen) atoms. The molecular weight excluding hydrogens is 356 g/mol. The summed E-state index contributed by atoms with van der Waals surface area (Å²) in [6.07, 6.45) is 1.41. The molecule has 6 heteroatoms. The van der Waals surface area contributed by atoms with Gasteiger partial charge in [0.25, 0.3) is 11.5 Å². The molecule has 2 heterocycles. The highest BCUT2D eigenvalue weighted by Gasteiger charge is 2.26. The molecule has 0 bridgehead atoms. The maximum absolute atomic E-state index is 13.2. The molecule has 2 aromatic carbocycles. The lowest BCUT2D eigenvalue weighted by Crippen LogP contribution is -2.32. The third-order valence-corrected chi connectivity index (χ3v) is 4.39. The Bertz CT molecular complexity index is 1260. The minimum absolute atomic E-state index is 0.0107. The van der Waals surface area contributed by atoms with Crippen LogP contribution >= 0.6 is 0 Å². The SMILES string of the molecule is O=C(c1ccccc1)c1c(O)c2cccnc2n(C(=O)c2ccccc2)c1=O. The molecule has 4 aromatic rings. The Balaban J connectivity index is 2.04. The van der Waals surface area contributed by atoms with Gasteiger partial charge in [-0.3, -0.25) is 14.4 Å². The van der Waals surface area contributed by atoms with Gasteiger partial charge in [0.05, 0.1) is 5.39 Å². The number of aromatic hydroxyl groups is 1. The second-order valence-electron chi connectivity index (χ2n) is 6.11. The van der Waals surface area contributed by atoms with Crippen molar-refractivity contribution in [2.24, 2.45) is 0 Å². The summed E-state index contributed by atoms with van der Waals surface area (Å²) in [6, 6.07) is 19.4. The van der Waals surface area contributed by atoms with Gasteiger partial charge in [-0.05, 0) is 24.3 Å². The summed E-state index contributed by atoms with van der Waals surface area (Å²) in [4.78, 5) is 43.2. The smallest absolute Gasteiger partial charge is 0.274 e. The van der Waals surface area contributed by atoms with Crippen LogP contribution < -0.4 is 5.56 Å². The standard InChI is InChI=1S/C22H14N2O4/c25-18(14-8-3-1-4-9-14)17-19(26)16-12-7-13-23-20(16)24(22(17)28)21(27)15-10-5-2-6-11-15/h1-13,26H. The first-order valence-corrected chi connectivity index (χ1v) is 8.52. The van der Waals surface area contributed by atoms with E-state index in [9.17, 15) is 19.5 Å². The fraction of sp³-hybridized carbons (Fsp3) is 0. The van der Waals surface area contributed by atoms with Gasteiger partial charge in [0.15, 0.2) is 5.65 Å². The number of nitrogens with zero attached hydrogens (tertiary/aromatic N) is 2. The van der Waals surface area contributed by atoms with Crippen molar-refractivity contribution in [3.05, 3.63) is 106 Å². The molecule has 0 amide bonds. The zero-order valence-corrected chi connectivity index (χ0v) is 14.6. The summed E-state index contributed by atoms with van der Waals surface area (Å²) in [7, 11) is 0. The van der Waals surface area contributed by atoms with E-state index in [1.54, 1.807) is 54.6 Å². The number of carbonyl (C=O) groups excluding carboxylic acids is 2. The van der Waals surface area contributed by atoms with Crippen molar-refractivity contribution in [3.8, 4) is 5.75 Å². The summed E-state index contributed by atoms with van der Waals surface area (Å²) in [5.41, 5.74) is -0.886. The van der Waals surface area contributed by atoms with E-state index in [4.69, 9.17) is 0 Å². The first-order chi connectivity index (χ1) is 13.6. The van der Waals surface area contributed by atoms with Gasteiger partial charge < -0.3 is 5.11 Å². The van der Waals surface area contributed by atoms with Crippen molar-refractivity contribution in [2.45, 2.75) is 0 Å². The molecule has 1 N–H and O–H groups in total. The van der Waals surface area contributed by atoms with E-state index >= 15 is 0 Å². The maximum atomic E-state index is 13.2. The van der Waals surface area contributed by atoms with Crippen LogP contribution in [0, 0.1) is 0 Å².